The quantitative estimate of drug-likeness (QED) is 0.792. The average Bonchev–Trinajstić information content (AvgIpc) is 2.62. The van der Waals surface area contributed by atoms with Crippen molar-refractivity contribution >= 4 is 17.5 Å². The molecule has 2 rings (SSSR count). The maximum atomic E-state index is 13.8. The number of halogens is 2. The van der Waals surface area contributed by atoms with E-state index in [4.69, 9.17) is 0 Å². The monoisotopic (exact) mass is 360 g/mol. The maximum absolute atomic E-state index is 13.8. The largest absolute Gasteiger partial charge is 0.338 e. The second-order valence-electron chi connectivity index (χ2n) is 6.51. The molecule has 0 aromatic heterocycles. The van der Waals surface area contributed by atoms with Crippen LogP contribution in [0.25, 0.3) is 0 Å². The summed E-state index contributed by atoms with van der Waals surface area (Å²) in [6.45, 7) is 5.60. The first-order valence-corrected chi connectivity index (χ1v) is 8.35. The van der Waals surface area contributed by atoms with Crippen molar-refractivity contribution in [1.82, 2.24) is 4.90 Å². The molecule has 2 aromatic carbocycles. The highest BCUT2D eigenvalue weighted by atomic mass is 19.1. The zero-order valence-electron chi connectivity index (χ0n) is 15.1. The highest BCUT2D eigenvalue weighted by molar-refractivity contribution is 6.09. The normalized spacial score (nSPS) is 11.1. The molecule has 0 heterocycles. The first-order valence-electron chi connectivity index (χ1n) is 8.35. The second-order valence-corrected chi connectivity index (χ2v) is 6.51. The maximum Gasteiger partial charge on any atom is 0.239 e. The molecule has 2 aromatic rings. The van der Waals surface area contributed by atoms with Gasteiger partial charge in [-0.2, -0.15) is 0 Å². The summed E-state index contributed by atoms with van der Waals surface area (Å²) < 4.78 is 26.8. The lowest BCUT2D eigenvalue weighted by Gasteiger charge is -2.30. The van der Waals surface area contributed by atoms with Crippen molar-refractivity contribution in [1.29, 1.82) is 0 Å². The van der Waals surface area contributed by atoms with Crippen molar-refractivity contribution < 1.29 is 18.4 Å². The van der Waals surface area contributed by atoms with E-state index in [9.17, 15) is 18.4 Å². The van der Waals surface area contributed by atoms with Crippen LogP contribution in [0, 0.1) is 17.0 Å². The lowest BCUT2D eigenvalue weighted by Crippen LogP contribution is -2.47. The third-order valence-corrected chi connectivity index (χ3v) is 4.17. The minimum Gasteiger partial charge on any atom is -0.338 e. The van der Waals surface area contributed by atoms with E-state index < -0.39 is 23.0 Å². The Bertz CT molecular complexity index is 792. The molecule has 0 aliphatic heterocycles. The lowest BCUT2D eigenvalue weighted by atomic mass is 9.89. The van der Waals surface area contributed by atoms with Gasteiger partial charge in [0.2, 0.25) is 11.8 Å². The van der Waals surface area contributed by atoms with Crippen LogP contribution in [0.15, 0.2) is 48.5 Å². The standard InChI is InChI=1S/C20H22F2N2O2/c1-4-24(13-14-8-6-5-7-9-14)19(26)20(2,3)18(25)23-17-11-10-15(21)12-16(17)22/h5-12H,4,13H2,1-3H3,(H,23,25). The summed E-state index contributed by atoms with van der Waals surface area (Å²) in [5.41, 5.74) is -0.627. The molecule has 0 atom stereocenters. The van der Waals surface area contributed by atoms with Gasteiger partial charge in [0.25, 0.3) is 0 Å². The van der Waals surface area contributed by atoms with Crippen molar-refractivity contribution in [3.8, 4) is 0 Å². The molecule has 26 heavy (non-hydrogen) atoms. The molecule has 0 aliphatic rings. The van der Waals surface area contributed by atoms with Crippen molar-refractivity contribution in [3.05, 3.63) is 65.7 Å². The Balaban J connectivity index is 2.15. The highest BCUT2D eigenvalue weighted by Crippen LogP contribution is 2.24. The highest BCUT2D eigenvalue weighted by Gasteiger charge is 2.39. The van der Waals surface area contributed by atoms with Crippen LogP contribution in [0.5, 0.6) is 0 Å². The van der Waals surface area contributed by atoms with E-state index >= 15 is 0 Å². The van der Waals surface area contributed by atoms with Gasteiger partial charge in [0.15, 0.2) is 0 Å². The van der Waals surface area contributed by atoms with Gasteiger partial charge in [0.05, 0.1) is 5.69 Å². The molecule has 6 heteroatoms. The summed E-state index contributed by atoms with van der Waals surface area (Å²) in [5.74, 6) is -2.66. The number of hydrogen-bond acceptors (Lipinski definition) is 2. The Hall–Kier alpha value is -2.76. The number of carbonyl (C=O) groups is 2. The molecule has 4 nitrogen and oxygen atoms in total. The third kappa shape index (κ3) is 4.45. The predicted molar refractivity (Wildman–Crippen MR) is 96.3 cm³/mol. The van der Waals surface area contributed by atoms with E-state index in [0.29, 0.717) is 19.2 Å². The average molecular weight is 360 g/mol. The Labute approximate surface area is 151 Å². The molecule has 0 spiro atoms. The van der Waals surface area contributed by atoms with Gasteiger partial charge in [-0.3, -0.25) is 9.59 Å². The van der Waals surface area contributed by atoms with Crippen molar-refractivity contribution in [2.24, 2.45) is 5.41 Å². The molecule has 0 saturated carbocycles. The summed E-state index contributed by atoms with van der Waals surface area (Å²) in [5, 5.41) is 2.37. The molecule has 0 bridgehead atoms. The molecule has 0 radical (unpaired) electrons. The Kier molecular flexibility index (Phi) is 6.08. The number of amides is 2. The number of benzene rings is 2. The van der Waals surface area contributed by atoms with Gasteiger partial charge in [-0.1, -0.05) is 30.3 Å². The summed E-state index contributed by atoms with van der Waals surface area (Å²) in [4.78, 5) is 27.0. The SMILES string of the molecule is CCN(Cc1ccccc1)C(=O)C(C)(C)C(=O)Nc1ccc(F)cc1F. The molecule has 1 N–H and O–H groups in total. The molecule has 138 valence electrons. The Morgan fingerprint density at radius 2 is 1.73 bits per heavy atom. The van der Waals surface area contributed by atoms with E-state index in [1.807, 2.05) is 37.3 Å². The van der Waals surface area contributed by atoms with Crippen LogP contribution in [-0.4, -0.2) is 23.3 Å². The summed E-state index contributed by atoms with van der Waals surface area (Å²) in [6.07, 6.45) is 0. The van der Waals surface area contributed by atoms with Gasteiger partial charge < -0.3 is 10.2 Å². The summed E-state index contributed by atoms with van der Waals surface area (Å²) in [7, 11) is 0. The summed E-state index contributed by atoms with van der Waals surface area (Å²) in [6, 6.07) is 12.3. The van der Waals surface area contributed by atoms with Crippen molar-refractivity contribution in [2.45, 2.75) is 27.3 Å². The first kappa shape index (κ1) is 19.6. The van der Waals surface area contributed by atoms with Crippen LogP contribution < -0.4 is 5.32 Å². The minimum absolute atomic E-state index is 0.164. The minimum atomic E-state index is -1.41. The smallest absolute Gasteiger partial charge is 0.239 e. The molecular weight excluding hydrogens is 338 g/mol. The van der Waals surface area contributed by atoms with E-state index in [1.54, 1.807) is 4.90 Å². The molecule has 0 unspecified atom stereocenters. The zero-order chi connectivity index (χ0) is 19.3. The lowest BCUT2D eigenvalue weighted by molar-refractivity contribution is -0.146. The van der Waals surface area contributed by atoms with E-state index in [-0.39, 0.29) is 11.6 Å². The fourth-order valence-corrected chi connectivity index (χ4v) is 2.49. The van der Waals surface area contributed by atoms with Gasteiger partial charge >= 0.3 is 0 Å². The number of anilines is 1. The van der Waals surface area contributed by atoms with Crippen LogP contribution in [-0.2, 0) is 16.1 Å². The number of carbonyl (C=O) groups excluding carboxylic acids is 2. The van der Waals surface area contributed by atoms with Gasteiger partial charge in [0, 0.05) is 19.2 Å². The van der Waals surface area contributed by atoms with E-state index in [1.165, 1.54) is 13.8 Å². The fraction of sp³-hybridized carbons (Fsp3) is 0.300. The number of nitrogens with zero attached hydrogens (tertiary/aromatic N) is 1. The number of hydrogen-bond donors (Lipinski definition) is 1. The van der Waals surface area contributed by atoms with Crippen LogP contribution in [0.3, 0.4) is 0 Å². The molecular formula is C20H22F2N2O2. The fourth-order valence-electron chi connectivity index (χ4n) is 2.49. The van der Waals surface area contributed by atoms with Crippen LogP contribution in [0.2, 0.25) is 0 Å². The number of nitrogens with one attached hydrogen (secondary N) is 1. The third-order valence-electron chi connectivity index (χ3n) is 4.17. The van der Waals surface area contributed by atoms with Crippen LogP contribution >= 0.6 is 0 Å². The van der Waals surface area contributed by atoms with Crippen molar-refractivity contribution in [3.63, 3.8) is 0 Å². The van der Waals surface area contributed by atoms with Crippen LogP contribution in [0.1, 0.15) is 26.3 Å². The van der Waals surface area contributed by atoms with E-state index in [0.717, 1.165) is 17.7 Å². The van der Waals surface area contributed by atoms with E-state index in [2.05, 4.69) is 5.32 Å². The molecule has 0 fully saturated rings. The second kappa shape index (κ2) is 8.08. The van der Waals surface area contributed by atoms with Gasteiger partial charge in [-0.25, -0.2) is 8.78 Å². The Morgan fingerprint density at radius 1 is 1.08 bits per heavy atom. The molecule has 0 saturated heterocycles. The topological polar surface area (TPSA) is 49.4 Å². The predicted octanol–water partition coefficient (Wildman–Crippen LogP) is 3.98. The van der Waals surface area contributed by atoms with Crippen LogP contribution in [0.4, 0.5) is 14.5 Å². The van der Waals surface area contributed by atoms with Crippen molar-refractivity contribution in [2.75, 3.05) is 11.9 Å². The Morgan fingerprint density at radius 3 is 2.31 bits per heavy atom. The van der Waals surface area contributed by atoms with Gasteiger partial charge in [0.1, 0.15) is 17.0 Å². The molecule has 2 amide bonds. The summed E-state index contributed by atoms with van der Waals surface area (Å²) >= 11 is 0. The number of rotatable bonds is 6. The van der Waals surface area contributed by atoms with Gasteiger partial charge in [-0.05, 0) is 38.5 Å². The first-order chi connectivity index (χ1) is 12.3. The van der Waals surface area contributed by atoms with Gasteiger partial charge in [-0.15, -0.1) is 0 Å². The zero-order valence-corrected chi connectivity index (χ0v) is 15.1. The molecule has 0 aliphatic carbocycles.